The minimum atomic E-state index is -0.471. The van der Waals surface area contributed by atoms with Gasteiger partial charge in [-0.05, 0) is 45.0 Å². The lowest BCUT2D eigenvalue weighted by Crippen LogP contribution is -2.19. The van der Waals surface area contributed by atoms with E-state index in [1.807, 2.05) is 43.5 Å². The summed E-state index contributed by atoms with van der Waals surface area (Å²) in [5.74, 6) is 0.704. The zero-order valence-corrected chi connectivity index (χ0v) is 15.4. The minimum absolute atomic E-state index is 0.0539. The maximum Gasteiger partial charge on any atom is 0.276 e. The van der Waals surface area contributed by atoms with Gasteiger partial charge in [-0.25, -0.2) is 9.97 Å². The highest BCUT2D eigenvalue weighted by molar-refractivity contribution is 7.14. The number of aromatic nitrogens is 3. The second kappa shape index (κ2) is 7.49. The first kappa shape index (κ1) is 17.8. The molecular weight excluding hydrogens is 352 g/mol. The van der Waals surface area contributed by atoms with Crippen LogP contribution in [-0.2, 0) is 0 Å². The van der Waals surface area contributed by atoms with E-state index in [1.54, 1.807) is 6.92 Å². The van der Waals surface area contributed by atoms with Crippen LogP contribution in [0.3, 0.4) is 0 Å². The Morgan fingerprint density at radius 3 is 2.62 bits per heavy atom. The van der Waals surface area contributed by atoms with Gasteiger partial charge in [-0.15, -0.1) is 11.3 Å². The molecule has 134 valence electrons. The maximum atomic E-state index is 12.2. The third-order valence-corrected chi connectivity index (χ3v) is 4.10. The summed E-state index contributed by atoms with van der Waals surface area (Å²) < 4.78 is 5.62. The molecule has 0 aliphatic rings. The van der Waals surface area contributed by atoms with E-state index >= 15 is 0 Å². The summed E-state index contributed by atoms with van der Waals surface area (Å²) in [7, 11) is 0. The number of benzene rings is 1. The van der Waals surface area contributed by atoms with Crippen LogP contribution in [0.4, 0.5) is 5.13 Å². The van der Waals surface area contributed by atoms with E-state index < -0.39 is 5.91 Å². The molecule has 8 heteroatoms. The van der Waals surface area contributed by atoms with Crippen molar-refractivity contribution in [2.24, 2.45) is 0 Å². The second-order valence-electron chi connectivity index (χ2n) is 5.90. The molecule has 2 N–H and O–H groups in total. The topological polar surface area (TPSA) is 97.0 Å². The molecule has 0 radical (unpaired) electrons. The molecule has 0 saturated heterocycles. The highest BCUT2D eigenvalue weighted by Gasteiger charge is 2.12. The van der Waals surface area contributed by atoms with Gasteiger partial charge >= 0.3 is 0 Å². The first-order valence-electron chi connectivity index (χ1n) is 8.02. The number of amides is 1. The fourth-order valence-electron chi connectivity index (χ4n) is 2.30. The average Bonchev–Trinajstić information content (AvgIpc) is 3.02. The van der Waals surface area contributed by atoms with Crippen LogP contribution in [0.25, 0.3) is 11.3 Å². The molecule has 2 heterocycles. The van der Waals surface area contributed by atoms with Crippen LogP contribution in [-0.4, -0.2) is 27.0 Å². The molecule has 1 aromatic carbocycles. The highest BCUT2D eigenvalue weighted by atomic mass is 32.1. The normalized spacial score (nSPS) is 10.8. The Kier molecular flexibility index (Phi) is 5.13. The number of hydrogen-bond acceptors (Lipinski definition) is 6. The number of nitrogens with one attached hydrogen (secondary N) is 2. The van der Waals surface area contributed by atoms with Gasteiger partial charge in [0.05, 0.1) is 11.8 Å². The van der Waals surface area contributed by atoms with Crippen molar-refractivity contribution in [2.75, 3.05) is 5.32 Å². The summed E-state index contributed by atoms with van der Waals surface area (Å²) in [5.41, 5.74) is 1.35. The average molecular weight is 370 g/mol. The molecule has 7 nitrogen and oxygen atoms in total. The van der Waals surface area contributed by atoms with Crippen molar-refractivity contribution in [2.45, 2.75) is 26.9 Å². The summed E-state index contributed by atoms with van der Waals surface area (Å²) in [6.45, 7) is 5.56. The number of thiazole rings is 1. The van der Waals surface area contributed by atoms with Gasteiger partial charge in [0.25, 0.3) is 11.5 Å². The molecule has 0 saturated carbocycles. The molecule has 2 aromatic heterocycles. The molecule has 3 aromatic rings. The number of aryl methyl sites for hydroxylation is 1. The largest absolute Gasteiger partial charge is 0.491 e. The molecule has 26 heavy (non-hydrogen) atoms. The Balaban J connectivity index is 1.73. The van der Waals surface area contributed by atoms with Crippen LogP contribution in [0.2, 0.25) is 0 Å². The number of carbonyl (C=O) groups excluding carboxylic acids is 1. The number of ether oxygens (including phenoxy) is 1. The summed E-state index contributed by atoms with van der Waals surface area (Å²) in [6.07, 6.45) is 0.115. The van der Waals surface area contributed by atoms with Crippen LogP contribution in [0, 0.1) is 6.92 Å². The van der Waals surface area contributed by atoms with E-state index in [4.69, 9.17) is 4.74 Å². The number of hydrogen-bond donors (Lipinski definition) is 2. The lowest BCUT2D eigenvalue weighted by atomic mass is 10.2. The van der Waals surface area contributed by atoms with Gasteiger partial charge in [-0.2, -0.15) is 0 Å². The van der Waals surface area contributed by atoms with Crippen molar-refractivity contribution >= 4 is 22.4 Å². The van der Waals surface area contributed by atoms with E-state index in [0.29, 0.717) is 11.0 Å². The van der Waals surface area contributed by atoms with Crippen LogP contribution < -0.4 is 15.6 Å². The van der Waals surface area contributed by atoms with Gasteiger partial charge in [0, 0.05) is 17.0 Å². The first-order valence-corrected chi connectivity index (χ1v) is 8.90. The van der Waals surface area contributed by atoms with Crippen molar-refractivity contribution < 1.29 is 9.53 Å². The fraction of sp³-hybridized carbons (Fsp3) is 0.222. The lowest BCUT2D eigenvalue weighted by molar-refractivity contribution is 0.102. The molecule has 0 fully saturated rings. The summed E-state index contributed by atoms with van der Waals surface area (Å²) in [6, 6.07) is 8.76. The molecule has 0 atom stereocenters. The van der Waals surface area contributed by atoms with E-state index in [-0.39, 0.29) is 17.4 Å². The van der Waals surface area contributed by atoms with Gasteiger partial charge in [0.1, 0.15) is 17.3 Å². The molecule has 0 bridgehead atoms. The number of H-pyrrole nitrogens is 1. The number of nitrogens with zero attached hydrogens (tertiary/aromatic N) is 2. The Morgan fingerprint density at radius 1 is 1.23 bits per heavy atom. The Hall–Kier alpha value is -3.00. The molecule has 0 unspecified atom stereocenters. The van der Waals surface area contributed by atoms with Crippen LogP contribution >= 0.6 is 11.3 Å². The SMILES string of the molecule is Cc1nc(C(=O)Nc2nc(-c3ccc(OC(C)C)cc3)cs2)cc(=O)[nH]1. The van der Waals surface area contributed by atoms with Crippen LogP contribution in [0.15, 0.2) is 40.5 Å². The third-order valence-electron chi connectivity index (χ3n) is 3.34. The number of anilines is 1. The Labute approximate surface area is 154 Å². The quantitative estimate of drug-likeness (QED) is 0.719. The van der Waals surface area contributed by atoms with Gasteiger partial charge in [-0.1, -0.05) is 0 Å². The standard InChI is InChI=1S/C18H18N4O3S/c1-10(2)25-13-6-4-12(5-7-13)15-9-26-18(21-15)22-17(24)14-8-16(23)20-11(3)19-14/h4-10H,1-3H3,(H,19,20,23)(H,21,22,24). The molecule has 0 aliphatic heterocycles. The van der Waals surface area contributed by atoms with Gasteiger partial charge in [0.2, 0.25) is 0 Å². The van der Waals surface area contributed by atoms with Crippen molar-refractivity contribution in [3.63, 3.8) is 0 Å². The first-order chi connectivity index (χ1) is 12.4. The van der Waals surface area contributed by atoms with Crippen molar-refractivity contribution in [3.05, 3.63) is 57.6 Å². The molecular formula is C18H18N4O3S. The molecule has 1 amide bonds. The monoisotopic (exact) mass is 370 g/mol. The van der Waals surface area contributed by atoms with Gasteiger partial charge < -0.3 is 9.72 Å². The van der Waals surface area contributed by atoms with E-state index in [0.717, 1.165) is 23.1 Å². The molecule has 0 aliphatic carbocycles. The Morgan fingerprint density at radius 2 is 1.96 bits per heavy atom. The lowest BCUT2D eigenvalue weighted by Gasteiger charge is -2.09. The molecule has 3 rings (SSSR count). The second-order valence-corrected chi connectivity index (χ2v) is 6.76. The summed E-state index contributed by atoms with van der Waals surface area (Å²) in [5, 5.41) is 4.96. The number of aromatic amines is 1. The van der Waals surface area contributed by atoms with Crippen molar-refractivity contribution in [3.8, 4) is 17.0 Å². The van der Waals surface area contributed by atoms with E-state index in [1.165, 1.54) is 11.3 Å². The predicted molar refractivity (Wildman–Crippen MR) is 101 cm³/mol. The number of rotatable bonds is 5. The zero-order valence-electron chi connectivity index (χ0n) is 14.6. The zero-order chi connectivity index (χ0) is 18.7. The van der Waals surface area contributed by atoms with Gasteiger partial charge in [0.15, 0.2) is 5.13 Å². The van der Waals surface area contributed by atoms with Crippen LogP contribution in [0.5, 0.6) is 5.75 Å². The van der Waals surface area contributed by atoms with Crippen molar-refractivity contribution in [1.82, 2.24) is 15.0 Å². The minimum Gasteiger partial charge on any atom is -0.491 e. The Bertz CT molecular complexity index is 977. The number of carbonyl (C=O) groups is 1. The molecule has 0 spiro atoms. The van der Waals surface area contributed by atoms with Gasteiger partial charge in [-0.3, -0.25) is 14.9 Å². The van der Waals surface area contributed by atoms with Crippen molar-refractivity contribution in [1.29, 1.82) is 0 Å². The fourth-order valence-corrected chi connectivity index (χ4v) is 3.01. The summed E-state index contributed by atoms with van der Waals surface area (Å²) >= 11 is 1.30. The van der Waals surface area contributed by atoms with E-state index in [2.05, 4.69) is 20.3 Å². The van der Waals surface area contributed by atoms with Crippen LogP contribution in [0.1, 0.15) is 30.2 Å². The predicted octanol–water partition coefficient (Wildman–Crippen LogP) is 3.24. The summed E-state index contributed by atoms with van der Waals surface area (Å²) in [4.78, 5) is 34.6. The highest BCUT2D eigenvalue weighted by Crippen LogP contribution is 2.27. The smallest absolute Gasteiger partial charge is 0.276 e. The maximum absolute atomic E-state index is 12.2. The third kappa shape index (κ3) is 4.34. The van der Waals surface area contributed by atoms with E-state index in [9.17, 15) is 9.59 Å².